The van der Waals surface area contributed by atoms with Crippen LogP contribution in [0.3, 0.4) is 0 Å². The number of ether oxygens (including phenoxy) is 2. The van der Waals surface area contributed by atoms with E-state index < -0.39 is 11.6 Å². The molecule has 1 amide bonds. The number of aryl methyl sites for hydroxylation is 1. The molecule has 2 aromatic carbocycles. The van der Waals surface area contributed by atoms with Gasteiger partial charge in [-0.2, -0.15) is 0 Å². The standard InChI is InChI=1S/C21H22F2N2O3/c1-2-24(11-14-5-6-19-20(8-14)28-13-27-19)21(26)12-25-7-3-4-15-9-16(22)17(23)10-18(15)25/h5-6,8-10H,2-4,7,11-13H2,1H3. The lowest BCUT2D eigenvalue weighted by molar-refractivity contribution is -0.130. The molecule has 2 aliphatic heterocycles. The molecular formula is C21H22F2N2O3. The smallest absolute Gasteiger partial charge is 0.242 e. The molecule has 0 saturated heterocycles. The average molecular weight is 388 g/mol. The minimum absolute atomic E-state index is 0.0576. The number of fused-ring (bicyclic) bond motifs is 2. The van der Waals surface area contributed by atoms with Crippen molar-refractivity contribution in [2.75, 3.05) is 31.3 Å². The van der Waals surface area contributed by atoms with Crippen molar-refractivity contribution >= 4 is 11.6 Å². The lowest BCUT2D eigenvalue weighted by Crippen LogP contribution is -2.42. The molecule has 0 aromatic heterocycles. The second-order valence-electron chi connectivity index (χ2n) is 7.02. The first kappa shape index (κ1) is 18.5. The van der Waals surface area contributed by atoms with E-state index in [1.165, 1.54) is 12.1 Å². The third-order valence-electron chi connectivity index (χ3n) is 5.21. The summed E-state index contributed by atoms with van der Waals surface area (Å²) in [5.74, 6) is -0.394. The van der Waals surface area contributed by atoms with E-state index in [0.29, 0.717) is 43.2 Å². The third kappa shape index (κ3) is 3.61. The molecule has 0 saturated carbocycles. The first-order chi connectivity index (χ1) is 13.5. The van der Waals surface area contributed by atoms with Crippen LogP contribution in [0.4, 0.5) is 14.5 Å². The number of halogens is 2. The Labute approximate surface area is 162 Å². The van der Waals surface area contributed by atoms with Crippen molar-refractivity contribution in [2.45, 2.75) is 26.3 Å². The second-order valence-corrected chi connectivity index (χ2v) is 7.02. The van der Waals surface area contributed by atoms with Crippen molar-refractivity contribution in [1.29, 1.82) is 0 Å². The van der Waals surface area contributed by atoms with E-state index in [1.807, 2.05) is 30.0 Å². The summed E-state index contributed by atoms with van der Waals surface area (Å²) < 4.78 is 38.0. The Hall–Kier alpha value is -2.83. The molecule has 2 aliphatic rings. The van der Waals surface area contributed by atoms with E-state index in [2.05, 4.69) is 0 Å². The van der Waals surface area contributed by atoms with Gasteiger partial charge in [0.05, 0.1) is 6.54 Å². The molecule has 0 bridgehead atoms. The predicted molar refractivity (Wildman–Crippen MR) is 101 cm³/mol. The number of likely N-dealkylation sites (N-methyl/N-ethyl adjacent to an activating group) is 1. The van der Waals surface area contributed by atoms with E-state index in [9.17, 15) is 13.6 Å². The molecule has 0 radical (unpaired) electrons. The van der Waals surface area contributed by atoms with Crippen LogP contribution in [0.1, 0.15) is 24.5 Å². The van der Waals surface area contributed by atoms with Crippen molar-refractivity contribution < 1.29 is 23.0 Å². The summed E-state index contributed by atoms with van der Waals surface area (Å²) in [6.45, 7) is 3.91. The second kappa shape index (κ2) is 7.66. The van der Waals surface area contributed by atoms with Crippen LogP contribution >= 0.6 is 0 Å². The zero-order chi connectivity index (χ0) is 19.7. The fourth-order valence-corrected chi connectivity index (χ4v) is 3.72. The Morgan fingerprint density at radius 3 is 2.75 bits per heavy atom. The molecule has 0 N–H and O–H groups in total. The molecule has 5 nitrogen and oxygen atoms in total. The van der Waals surface area contributed by atoms with E-state index >= 15 is 0 Å². The fourth-order valence-electron chi connectivity index (χ4n) is 3.72. The maximum Gasteiger partial charge on any atom is 0.242 e. The van der Waals surface area contributed by atoms with Crippen LogP contribution in [0.15, 0.2) is 30.3 Å². The number of carbonyl (C=O) groups is 1. The number of anilines is 1. The summed E-state index contributed by atoms with van der Waals surface area (Å²) >= 11 is 0. The van der Waals surface area contributed by atoms with Crippen LogP contribution in [0, 0.1) is 11.6 Å². The normalized spacial score (nSPS) is 14.8. The maximum absolute atomic E-state index is 13.7. The minimum Gasteiger partial charge on any atom is -0.454 e. The molecule has 2 heterocycles. The molecule has 4 rings (SSSR count). The first-order valence-electron chi connectivity index (χ1n) is 9.44. The summed E-state index contributed by atoms with van der Waals surface area (Å²) in [6, 6.07) is 8.08. The van der Waals surface area contributed by atoms with E-state index in [0.717, 1.165) is 17.5 Å². The summed E-state index contributed by atoms with van der Waals surface area (Å²) in [6.07, 6.45) is 1.49. The summed E-state index contributed by atoms with van der Waals surface area (Å²) in [5, 5.41) is 0. The number of benzene rings is 2. The molecule has 0 spiro atoms. The Bertz CT molecular complexity index is 903. The van der Waals surface area contributed by atoms with Crippen LogP contribution in [-0.4, -0.2) is 37.2 Å². The van der Waals surface area contributed by atoms with Crippen LogP contribution in [0.25, 0.3) is 0 Å². The summed E-state index contributed by atoms with van der Waals surface area (Å²) in [7, 11) is 0. The van der Waals surface area contributed by atoms with Gasteiger partial charge in [-0.05, 0) is 49.1 Å². The highest BCUT2D eigenvalue weighted by Gasteiger charge is 2.24. The van der Waals surface area contributed by atoms with Gasteiger partial charge in [0.15, 0.2) is 23.1 Å². The van der Waals surface area contributed by atoms with Gasteiger partial charge in [-0.25, -0.2) is 8.78 Å². The molecule has 0 fully saturated rings. The van der Waals surface area contributed by atoms with E-state index in [4.69, 9.17) is 9.47 Å². The summed E-state index contributed by atoms with van der Waals surface area (Å²) in [4.78, 5) is 16.5. The SMILES string of the molecule is CCN(Cc1ccc2c(c1)OCO2)C(=O)CN1CCCc2cc(F)c(F)cc21. The monoisotopic (exact) mass is 388 g/mol. The molecule has 0 atom stereocenters. The zero-order valence-electron chi connectivity index (χ0n) is 15.7. The Morgan fingerprint density at radius 2 is 1.93 bits per heavy atom. The van der Waals surface area contributed by atoms with E-state index in [1.54, 1.807) is 4.90 Å². The van der Waals surface area contributed by atoms with Gasteiger partial charge in [0, 0.05) is 31.4 Å². The van der Waals surface area contributed by atoms with Crippen molar-refractivity contribution in [3.8, 4) is 11.5 Å². The number of hydrogen-bond donors (Lipinski definition) is 0. The Kier molecular flexibility index (Phi) is 5.07. The average Bonchev–Trinajstić information content (AvgIpc) is 3.15. The van der Waals surface area contributed by atoms with Crippen LogP contribution < -0.4 is 14.4 Å². The van der Waals surface area contributed by atoms with Gasteiger partial charge >= 0.3 is 0 Å². The first-order valence-corrected chi connectivity index (χ1v) is 9.44. The Balaban J connectivity index is 1.47. The molecule has 0 aliphatic carbocycles. The van der Waals surface area contributed by atoms with Gasteiger partial charge in [0.2, 0.25) is 12.7 Å². The highest BCUT2D eigenvalue weighted by atomic mass is 19.2. The maximum atomic E-state index is 13.7. The fraction of sp³-hybridized carbons (Fsp3) is 0.381. The van der Waals surface area contributed by atoms with Gasteiger partial charge in [-0.1, -0.05) is 6.07 Å². The van der Waals surface area contributed by atoms with Gasteiger partial charge in [-0.3, -0.25) is 4.79 Å². The zero-order valence-corrected chi connectivity index (χ0v) is 15.7. The lowest BCUT2D eigenvalue weighted by atomic mass is 10.0. The molecule has 28 heavy (non-hydrogen) atoms. The van der Waals surface area contributed by atoms with Crippen molar-refractivity contribution in [3.63, 3.8) is 0 Å². The van der Waals surface area contributed by atoms with Crippen LogP contribution in [-0.2, 0) is 17.8 Å². The van der Waals surface area contributed by atoms with E-state index in [-0.39, 0.29) is 19.2 Å². The third-order valence-corrected chi connectivity index (χ3v) is 5.21. The highest BCUT2D eigenvalue weighted by molar-refractivity contribution is 5.82. The number of carbonyl (C=O) groups excluding carboxylic acids is 1. The molecule has 7 heteroatoms. The highest BCUT2D eigenvalue weighted by Crippen LogP contribution is 2.33. The molecule has 0 unspecified atom stereocenters. The Morgan fingerprint density at radius 1 is 1.14 bits per heavy atom. The quantitative estimate of drug-likeness (QED) is 0.786. The largest absolute Gasteiger partial charge is 0.454 e. The topological polar surface area (TPSA) is 42.0 Å². The number of rotatable bonds is 5. The van der Waals surface area contributed by atoms with Gasteiger partial charge < -0.3 is 19.3 Å². The van der Waals surface area contributed by atoms with Gasteiger partial charge in [-0.15, -0.1) is 0 Å². The summed E-state index contributed by atoms with van der Waals surface area (Å²) in [5.41, 5.74) is 2.31. The van der Waals surface area contributed by atoms with Crippen molar-refractivity contribution in [3.05, 3.63) is 53.1 Å². The lowest BCUT2D eigenvalue weighted by Gasteiger charge is -2.33. The van der Waals surface area contributed by atoms with Crippen LogP contribution in [0.2, 0.25) is 0 Å². The molecule has 2 aromatic rings. The number of nitrogens with zero attached hydrogens (tertiary/aromatic N) is 2. The number of hydrogen-bond acceptors (Lipinski definition) is 4. The van der Waals surface area contributed by atoms with Gasteiger partial charge in [0.1, 0.15) is 0 Å². The number of amides is 1. The predicted octanol–water partition coefficient (Wildman–Crippen LogP) is 3.49. The van der Waals surface area contributed by atoms with Crippen molar-refractivity contribution in [2.24, 2.45) is 0 Å². The van der Waals surface area contributed by atoms with Gasteiger partial charge in [0.25, 0.3) is 0 Å². The van der Waals surface area contributed by atoms with Crippen molar-refractivity contribution in [1.82, 2.24) is 4.90 Å². The molecule has 148 valence electrons. The minimum atomic E-state index is -0.884. The molecular weight excluding hydrogens is 366 g/mol. The van der Waals surface area contributed by atoms with Crippen LogP contribution in [0.5, 0.6) is 11.5 Å².